The molecule has 0 radical (unpaired) electrons. The summed E-state index contributed by atoms with van der Waals surface area (Å²) in [6.07, 6.45) is 0. The number of rotatable bonds is 8. The Kier molecular flexibility index (Phi) is 11.4. The summed E-state index contributed by atoms with van der Waals surface area (Å²) in [5, 5.41) is 4.97. The van der Waals surface area contributed by atoms with E-state index in [4.69, 9.17) is 0 Å². The van der Waals surface area contributed by atoms with Gasteiger partial charge < -0.3 is 9.47 Å². The monoisotopic (exact) mass is 993 g/mol. The van der Waals surface area contributed by atoms with Gasteiger partial charge >= 0.3 is 0 Å². The molecule has 0 N–H and O–H groups in total. The van der Waals surface area contributed by atoms with Crippen molar-refractivity contribution in [1.29, 1.82) is 0 Å². The predicted octanol–water partition coefficient (Wildman–Crippen LogP) is 21.0. The van der Waals surface area contributed by atoms with E-state index in [0.717, 1.165) is 22.7 Å². The molecular formula is C75H64N2. The van der Waals surface area contributed by atoms with Gasteiger partial charge in [-0.25, -0.2) is 0 Å². The van der Waals surface area contributed by atoms with Crippen molar-refractivity contribution in [2.75, 3.05) is 4.90 Å². The zero-order valence-corrected chi connectivity index (χ0v) is 45.5. The van der Waals surface area contributed by atoms with Crippen LogP contribution in [-0.4, -0.2) is 4.57 Å². The third-order valence-corrected chi connectivity index (χ3v) is 16.5. The number of fused-ring (bicyclic) bond motifs is 7. The number of nitrogens with zero attached hydrogens (tertiary/aromatic N) is 2. The lowest BCUT2D eigenvalue weighted by Gasteiger charge is -2.29. The Morgan fingerprint density at radius 3 is 1.55 bits per heavy atom. The molecule has 0 amide bonds. The maximum Gasteiger partial charge on any atom is 0.0541 e. The molecule has 11 aromatic carbocycles. The number of hydrogen-bond acceptors (Lipinski definition) is 1. The van der Waals surface area contributed by atoms with Crippen LogP contribution in [0.15, 0.2) is 243 Å². The molecule has 0 atom stereocenters. The van der Waals surface area contributed by atoms with Gasteiger partial charge in [0.05, 0.1) is 16.7 Å². The van der Waals surface area contributed by atoms with Crippen molar-refractivity contribution >= 4 is 49.6 Å². The van der Waals surface area contributed by atoms with Crippen molar-refractivity contribution in [3.05, 3.63) is 265 Å². The molecule has 1 heterocycles. The molecule has 0 spiro atoms. The lowest BCUT2D eigenvalue weighted by Crippen LogP contribution is -2.16. The summed E-state index contributed by atoms with van der Waals surface area (Å²) in [7, 11) is 0. The Morgan fingerprint density at radius 1 is 0.351 bits per heavy atom. The zero-order chi connectivity index (χ0) is 52.8. The Morgan fingerprint density at radius 2 is 0.870 bits per heavy atom. The first-order valence-electron chi connectivity index (χ1n) is 27.3. The van der Waals surface area contributed by atoms with E-state index in [1.165, 1.54) is 110 Å². The third-order valence-electron chi connectivity index (χ3n) is 16.5. The fourth-order valence-corrected chi connectivity index (χ4v) is 12.3. The molecule has 0 bridgehead atoms. The highest BCUT2D eigenvalue weighted by atomic mass is 15.1. The van der Waals surface area contributed by atoms with Crippen LogP contribution in [0.1, 0.15) is 77.6 Å². The van der Waals surface area contributed by atoms with Crippen LogP contribution in [0.5, 0.6) is 0 Å². The Bertz CT molecular complexity index is 4190. The molecule has 2 heteroatoms. The van der Waals surface area contributed by atoms with Crippen molar-refractivity contribution in [3.8, 4) is 61.3 Å². The summed E-state index contributed by atoms with van der Waals surface area (Å²) in [5.41, 5.74) is 24.6. The highest BCUT2D eigenvalue weighted by Gasteiger charge is 2.35. The second kappa shape index (κ2) is 18.2. The highest BCUT2D eigenvalue weighted by molar-refractivity contribution is 6.11. The average Bonchev–Trinajstić information content (AvgIpc) is 4.05. The minimum absolute atomic E-state index is 0.0137. The number of benzene rings is 11. The zero-order valence-electron chi connectivity index (χ0n) is 45.5. The lowest BCUT2D eigenvalue weighted by atomic mass is 9.78. The fourth-order valence-electron chi connectivity index (χ4n) is 12.3. The minimum Gasteiger partial charge on any atom is -0.310 e. The molecule has 0 saturated heterocycles. The van der Waals surface area contributed by atoms with Gasteiger partial charge in [0.2, 0.25) is 0 Å². The molecule has 13 rings (SSSR count). The summed E-state index contributed by atoms with van der Waals surface area (Å²) < 4.78 is 2.38. The molecule has 1 aromatic heterocycles. The van der Waals surface area contributed by atoms with Gasteiger partial charge in [-0.1, -0.05) is 231 Å². The van der Waals surface area contributed by atoms with E-state index >= 15 is 0 Å². The van der Waals surface area contributed by atoms with Crippen LogP contribution in [0.2, 0.25) is 0 Å². The largest absolute Gasteiger partial charge is 0.310 e. The SMILES string of the molecule is CC(C)(C)c1cc(-c2cccc3cccc(-c4ccccc4N(c4ccc(-c5ccc6c(c5)C(C)(C)c5ccccc5-6)cc4)c4ccc(-c5ccc6c(c5)c5ccccc5n6-c5ccccc5)cc4)c23)cc(C(C)(C)C)c1. The van der Waals surface area contributed by atoms with Crippen LogP contribution >= 0.6 is 0 Å². The first-order chi connectivity index (χ1) is 37.2. The van der Waals surface area contributed by atoms with E-state index in [0.29, 0.717) is 0 Å². The second-order valence-corrected chi connectivity index (χ2v) is 23.8. The van der Waals surface area contributed by atoms with Gasteiger partial charge in [-0.3, -0.25) is 0 Å². The molecular weight excluding hydrogens is 929 g/mol. The Labute approximate surface area is 454 Å². The van der Waals surface area contributed by atoms with Gasteiger partial charge in [0.25, 0.3) is 0 Å². The second-order valence-electron chi connectivity index (χ2n) is 23.8. The topological polar surface area (TPSA) is 8.17 Å². The summed E-state index contributed by atoms with van der Waals surface area (Å²) in [6.45, 7) is 18.7. The van der Waals surface area contributed by atoms with Gasteiger partial charge in [-0.05, 0) is 161 Å². The number of para-hydroxylation sites is 3. The Balaban J connectivity index is 0.956. The normalized spacial score (nSPS) is 13.0. The van der Waals surface area contributed by atoms with Crippen molar-refractivity contribution in [3.63, 3.8) is 0 Å². The van der Waals surface area contributed by atoms with Crippen LogP contribution in [0.4, 0.5) is 17.1 Å². The van der Waals surface area contributed by atoms with Crippen molar-refractivity contribution in [2.24, 2.45) is 0 Å². The number of hydrogen-bond donors (Lipinski definition) is 0. The molecule has 374 valence electrons. The van der Waals surface area contributed by atoms with Crippen LogP contribution in [0.25, 0.3) is 93.9 Å². The molecule has 1 aliphatic carbocycles. The van der Waals surface area contributed by atoms with E-state index in [9.17, 15) is 0 Å². The minimum atomic E-state index is -0.0763. The van der Waals surface area contributed by atoms with Gasteiger partial charge in [-0.2, -0.15) is 0 Å². The van der Waals surface area contributed by atoms with Gasteiger partial charge in [0.1, 0.15) is 0 Å². The Hall–Kier alpha value is -8.72. The number of aromatic nitrogens is 1. The van der Waals surface area contributed by atoms with E-state index in [-0.39, 0.29) is 16.2 Å². The van der Waals surface area contributed by atoms with Crippen molar-refractivity contribution in [2.45, 2.75) is 71.6 Å². The summed E-state index contributed by atoms with van der Waals surface area (Å²) in [6, 6.07) is 90.7. The van der Waals surface area contributed by atoms with E-state index in [2.05, 4.69) is 308 Å². The quantitative estimate of drug-likeness (QED) is 0.147. The molecule has 12 aromatic rings. The van der Waals surface area contributed by atoms with Crippen LogP contribution in [0.3, 0.4) is 0 Å². The number of anilines is 3. The molecule has 2 nitrogen and oxygen atoms in total. The third kappa shape index (κ3) is 8.26. The molecule has 1 aliphatic rings. The predicted molar refractivity (Wildman–Crippen MR) is 330 cm³/mol. The van der Waals surface area contributed by atoms with Crippen LogP contribution < -0.4 is 4.90 Å². The smallest absolute Gasteiger partial charge is 0.0541 e. The molecule has 77 heavy (non-hydrogen) atoms. The molecule has 0 fully saturated rings. The maximum atomic E-state index is 2.46. The fraction of sp³-hybridized carbons (Fsp3) is 0.147. The lowest BCUT2D eigenvalue weighted by molar-refractivity contribution is 0.569. The van der Waals surface area contributed by atoms with E-state index < -0.39 is 0 Å². The summed E-state index contributed by atoms with van der Waals surface area (Å²) in [4.78, 5) is 2.46. The summed E-state index contributed by atoms with van der Waals surface area (Å²) >= 11 is 0. The maximum absolute atomic E-state index is 2.46. The molecule has 0 unspecified atom stereocenters. The average molecular weight is 993 g/mol. The molecule has 0 aliphatic heterocycles. The highest BCUT2D eigenvalue weighted by Crippen LogP contribution is 2.51. The van der Waals surface area contributed by atoms with Crippen LogP contribution in [-0.2, 0) is 16.2 Å². The first-order valence-corrected chi connectivity index (χ1v) is 27.3. The first kappa shape index (κ1) is 48.0. The van der Waals surface area contributed by atoms with Crippen molar-refractivity contribution < 1.29 is 0 Å². The van der Waals surface area contributed by atoms with Gasteiger partial charge in [0.15, 0.2) is 0 Å². The van der Waals surface area contributed by atoms with Crippen LogP contribution in [0, 0.1) is 0 Å². The molecule has 0 saturated carbocycles. The van der Waals surface area contributed by atoms with Crippen molar-refractivity contribution in [1.82, 2.24) is 4.57 Å². The van der Waals surface area contributed by atoms with Gasteiger partial charge in [-0.15, -0.1) is 0 Å². The summed E-state index contributed by atoms with van der Waals surface area (Å²) in [5.74, 6) is 0. The standard InChI is InChI=1S/C75H64N2/c1-73(2,3)55-44-54(45-56(48-55)74(4,5)6)60-27-18-20-51-21-19-28-65(72(51)60)63-25-13-16-30-69(63)76(59-40-34-50(35-41-59)53-36-42-62-61-24-12-15-29-67(61)75(7,8)68(62)47-53)58-38-32-49(33-39-58)52-37-43-71-66(46-52)64-26-14-17-31-70(64)77(71)57-22-10-9-11-23-57/h9-48H,1-8H3. The van der Waals surface area contributed by atoms with E-state index in [1.54, 1.807) is 0 Å². The van der Waals surface area contributed by atoms with Gasteiger partial charge in [0, 0.05) is 38.8 Å². The van der Waals surface area contributed by atoms with E-state index in [1.807, 2.05) is 0 Å².